The van der Waals surface area contributed by atoms with Crippen molar-refractivity contribution in [2.45, 2.75) is 5.41 Å². The first kappa shape index (κ1) is 31.9. The van der Waals surface area contributed by atoms with Crippen LogP contribution in [0.2, 0.25) is 0 Å². The molecule has 2 nitrogen and oxygen atoms in total. The summed E-state index contributed by atoms with van der Waals surface area (Å²) >= 11 is 0. The maximum atomic E-state index is 7.04. The van der Waals surface area contributed by atoms with Gasteiger partial charge < -0.3 is 9.47 Å². The Morgan fingerprint density at radius 3 is 0.943 bits per heavy atom. The molecule has 0 aliphatic carbocycles. The number of hydrogen-bond acceptors (Lipinski definition) is 2. The summed E-state index contributed by atoms with van der Waals surface area (Å²) in [5, 5.41) is 7.71. The van der Waals surface area contributed by atoms with E-state index in [9.17, 15) is 0 Å². The molecule has 0 atom stereocenters. The highest BCUT2D eigenvalue weighted by Gasteiger charge is 2.54. The van der Waals surface area contributed by atoms with Gasteiger partial charge in [-0.05, 0) is 71.9 Å². The van der Waals surface area contributed by atoms with Crippen LogP contribution >= 0.6 is 15.8 Å². The smallest absolute Gasteiger partial charge is 0.132 e. The molecule has 0 fully saturated rings. The van der Waals surface area contributed by atoms with E-state index in [2.05, 4.69) is 206 Å². The second kappa shape index (κ2) is 13.3. The molecule has 0 amide bonds. The van der Waals surface area contributed by atoms with Crippen LogP contribution in [0.25, 0.3) is 0 Å². The predicted molar refractivity (Wildman–Crippen MR) is 222 cm³/mol. The van der Waals surface area contributed by atoms with Crippen LogP contribution in [0.1, 0.15) is 22.3 Å². The molecule has 0 unspecified atom stereocenters. The summed E-state index contributed by atoms with van der Waals surface area (Å²) in [6, 6.07) is 74.6. The summed E-state index contributed by atoms with van der Waals surface area (Å²) in [5.74, 6) is 3.48. The summed E-state index contributed by atoms with van der Waals surface area (Å²) in [6.07, 6.45) is 0. The third-order valence-corrected chi connectivity index (χ3v) is 15.3. The van der Waals surface area contributed by atoms with Crippen LogP contribution in [0.5, 0.6) is 23.0 Å². The Morgan fingerprint density at radius 1 is 0.283 bits per heavy atom. The molecule has 0 N–H and O–H groups in total. The molecule has 0 radical (unpaired) electrons. The Kier molecular flexibility index (Phi) is 8.02. The number of benzene rings is 8. The SMILES string of the molecule is c1ccc(P(c2ccccc2)c2cccc3c2C2(c4ccccc4O3)c3ccccc3Oc3cccc(P(c4ccccc4)c4ccccc4)c32)cc1. The molecular weight excluding hydrogens is 682 g/mol. The fourth-order valence-electron chi connectivity index (χ4n) is 8.28. The number of ether oxygens (including phenoxy) is 2. The lowest BCUT2D eigenvalue weighted by atomic mass is 9.62. The molecule has 10 rings (SSSR count). The van der Waals surface area contributed by atoms with Crippen molar-refractivity contribution in [3.63, 3.8) is 0 Å². The third-order valence-electron chi connectivity index (χ3n) is 10.3. The maximum Gasteiger partial charge on any atom is 0.132 e. The van der Waals surface area contributed by atoms with E-state index in [0.717, 1.165) is 34.1 Å². The van der Waals surface area contributed by atoms with Crippen LogP contribution in [0.3, 0.4) is 0 Å². The number of hydrogen-bond donors (Lipinski definition) is 0. The van der Waals surface area contributed by atoms with Gasteiger partial charge in [-0.3, -0.25) is 0 Å². The second-order valence-electron chi connectivity index (χ2n) is 13.3. The molecule has 8 aromatic rings. The molecule has 2 aliphatic heterocycles. The fraction of sp³-hybridized carbons (Fsp3) is 0.0204. The Labute approximate surface area is 312 Å². The third kappa shape index (κ3) is 5.17. The summed E-state index contributed by atoms with van der Waals surface area (Å²) in [6.45, 7) is 0. The van der Waals surface area contributed by atoms with Gasteiger partial charge in [0.05, 0.1) is 5.41 Å². The van der Waals surface area contributed by atoms with E-state index in [1.54, 1.807) is 0 Å². The van der Waals surface area contributed by atoms with Crippen molar-refractivity contribution in [1.29, 1.82) is 0 Å². The van der Waals surface area contributed by atoms with E-state index in [-0.39, 0.29) is 0 Å². The lowest BCUT2D eigenvalue weighted by molar-refractivity contribution is 0.401. The van der Waals surface area contributed by atoms with Crippen molar-refractivity contribution in [1.82, 2.24) is 0 Å². The van der Waals surface area contributed by atoms with Gasteiger partial charge in [0, 0.05) is 22.3 Å². The molecule has 252 valence electrons. The maximum absolute atomic E-state index is 7.04. The molecule has 0 saturated heterocycles. The molecule has 0 bridgehead atoms. The Balaban J connectivity index is 1.38. The first-order valence-electron chi connectivity index (χ1n) is 17.9. The second-order valence-corrected chi connectivity index (χ2v) is 17.6. The Bertz CT molecular complexity index is 2310. The normalized spacial score (nSPS) is 13.3. The molecular formula is C49H34O2P2. The van der Waals surface area contributed by atoms with Gasteiger partial charge in [-0.2, -0.15) is 0 Å². The monoisotopic (exact) mass is 716 g/mol. The fourth-order valence-corrected chi connectivity index (χ4v) is 13.3. The topological polar surface area (TPSA) is 18.5 Å². The quantitative estimate of drug-likeness (QED) is 0.160. The summed E-state index contributed by atoms with van der Waals surface area (Å²) in [7, 11) is -2.01. The zero-order chi connectivity index (χ0) is 35.2. The summed E-state index contributed by atoms with van der Waals surface area (Å²) in [4.78, 5) is 0. The van der Waals surface area contributed by atoms with Gasteiger partial charge in [0.25, 0.3) is 0 Å². The van der Waals surface area contributed by atoms with Crippen molar-refractivity contribution in [2.75, 3.05) is 0 Å². The lowest BCUT2D eigenvalue weighted by Crippen LogP contribution is -2.45. The van der Waals surface area contributed by atoms with Gasteiger partial charge in [-0.25, -0.2) is 0 Å². The van der Waals surface area contributed by atoms with Crippen LogP contribution in [-0.2, 0) is 5.41 Å². The predicted octanol–water partition coefficient (Wildman–Crippen LogP) is 9.80. The average Bonchev–Trinajstić information content (AvgIpc) is 3.23. The van der Waals surface area contributed by atoms with E-state index >= 15 is 0 Å². The lowest BCUT2D eigenvalue weighted by Gasteiger charge is -2.47. The van der Waals surface area contributed by atoms with Crippen molar-refractivity contribution in [3.8, 4) is 23.0 Å². The highest BCUT2D eigenvalue weighted by Crippen LogP contribution is 2.63. The van der Waals surface area contributed by atoms with Gasteiger partial charge in [-0.15, -0.1) is 0 Å². The van der Waals surface area contributed by atoms with Crippen molar-refractivity contribution < 1.29 is 9.47 Å². The largest absolute Gasteiger partial charge is 0.457 e. The highest BCUT2D eigenvalue weighted by molar-refractivity contribution is 7.80. The minimum Gasteiger partial charge on any atom is -0.457 e. The van der Waals surface area contributed by atoms with Crippen LogP contribution < -0.4 is 41.3 Å². The van der Waals surface area contributed by atoms with E-state index in [1.165, 1.54) is 43.0 Å². The number of fused-ring (bicyclic) bond motifs is 8. The zero-order valence-corrected chi connectivity index (χ0v) is 30.6. The molecule has 0 saturated carbocycles. The van der Waals surface area contributed by atoms with E-state index < -0.39 is 21.3 Å². The zero-order valence-electron chi connectivity index (χ0n) is 28.8. The van der Waals surface area contributed by atoms with Gasteiger partial charge in [-0.1, -0.05) is 182 Å². The molecule has 2 aliphatic rings. The summed E-state index contributed by atoms with van der Waals surface area (Å²) < 4.78 is 14.1. The van der Waals surface area contributed by atoms with Gasteiger partial charge >= 0.3 is 0 Å². The number of rotatable bonds is 6. The Morgan fingerprint density at radius 2 is 0.585 bits per heavy atom. The van der Waals surface area contributed by atoms with Crippen molar-refractivity contribution in [3.05, 3.63) is 229 Å². The minimum atomic E-state index is -1.01. The molecule has 0 aromatic heterocycles. The van der Waals surface area contributed by atoms with Crippen LogP contribution in [-0.4, -0.2) is 0 Å². The molecule has 4 heteroatoms. The standard InChI is InChI=1S/C49H34O2P2/c1-5-19-35(20-6-1)52(36-21-7-2-8-22-36)45-33-17-31-43-47(45)49(39-27-13-15-29-41(39)50-43)40-28-14-16-30-42(40)51-44-32-18-34-46(48(44)49)53(37-23-9-3-10-24-37)38-25-11-4-12-26-38/h1-34H. The average molecular weight is 717 g/mol. The molecule has 8 aromatic carbocycles. The first-order chi connectivity index (χ1) is 26.3. The highest BCUT2D eigenvalue weighted by atomic mass is 31.1. The molecule has 53 heavy (non-hydrogen) atoms. The van der Waals surface area contributed by atoms with E-state index in [0.29, 0.717) is 0 Å². The van der Waals surface area contributed by atoms with E-state index in [1.807, 2.05) is 0 Å². The molecule has 2 heterocycles. The van der Waals surface area contributed by atoms with Crippen LogP contribution in [0.4, 0.5) is 0 Å². The van der Waals surface area contributed by atoms with Crippen molar-refractivity contribution >= 4 is 47.7 Å². The van der Waals surface area contributed by atoms with Gasteiger partial charge in [0.15, 0.2) is 0 Å². The van der Waals surface area contributed by atoms with Gasteiger partial charge in [0.1, 0.15) is 23.0 Å². The Hall–Kier alpha value is -5.78. The molecule has 1 spiro atoms. The minimum absolute atomic E-state index is 0.768. The van der Waals surface area contributed by atoms with Crippen molar-refractivity contribution in [2.24, 2.45) is 0 Å². The van der Waals surface area contributed by atoms with Gasteiger partial charge in [0.2, 0.25) is 0 Å². The van der Waals surface area contributed by atoms with Crippen LogP contribution in [0.15, 0.2) is 206 Å². The first-order valence-corrected chi connectivity index (χ1v) is 20.6. The summed E-state index contributed by atoms with van der Waals surface area (Å²) in [5.41, 5.74) is 3.83. The van der Waals surface area contributed by atoms with Crippen LogP contribution in [0, 0.1) is 0 Å². The van der Waals surface area contributed by atoms with E-state index in [4.69, 9.17) is 9.47 Å². The number of para-hydroxylation sites is 2.